The van der Waals surface area contributed by atoms with Crippen LogP contribution in [0.2, 0.25) is 0 Å². The molecule has 0 unspecified atom stereocenters. The summed E-state index contributed by atoms with van der Waals surface area (Å²) >= 11 is 0. The second-order valence-electron chi connectivity index (χ2n) is 1.85. The first kappa shape index (κ1) is 5.35. The Morgan fingerprint density at radius 3 is 2.75 bits per heavy atom. The molecule has 2 nitrogen and oxygen atoms in total. The number of allylic oxidation sites excluding steroid dienone is 1. The van der Waals surface area contributed by atoms with Crippen molar-refractivity contribution in [2.45, 2.75) is 12.8 Å². The molecule has 1 fully saturated rings. The van der Waals surface area contributed by atoms with Gasteiger partial charge in [-0.15, -0.1) is 0 Å². The number of carbonyl (C=O) groups is 1. The zero-order chi connectivity index (χ0) is 5.98. The van der Waals surface area contributed by atoms with Gasteiger partial charge in [0.05, 0.1) is 18.8 Å². The normalized spacial score (nSPS) is 20.5. The van der Waals surface area contributed by atoms with Crippen LogP contribution in [0.4, 0.5) is 0 Å². The molecule has 1 saturated heterocycles. The molecule has 0 bridgehead atoms. The highest BCUT2D eigenvalue weighted by Gasteiger charge is 2.10. The molecule has 44 valence electrons. The summed E-state index contributed by atoms with van der Waals surface area (Å²) in [6.07, 6.45) is 0.971. The zero-order valence-corrected chi connectivity index (χ0v) is 4.64. The molecule has 0 saturated carbocycles. The van der Waals surface area contributed by atoms with Crippen LogP contribution >= 0.6 is 0 Å². The number of hydrogen-bond acceptors (Lipinski definition) is 2. The van der Waals surface area contributed by atoms with Crippen LogP contribution in [-0.2, 0) is 9.53 Å². The molecule has 0 aliphatic carbocycles. The van der Waals surface area contributed by atoms with Crippen LogP contribution < -0.4 is 0 Å². The van der Waals surface area contributed by atoms with E-state index in [0.717, 1.165) is 0 Å². The molecule has 1 aliphatic heterocycles. The zero-order valence-electron chi connectivity index (χ0n) is 4.64. The minimum Gasteiger partial charge on any atom is -0.498 e. The van der Waals surface area contributed by atoms with E-state index < -0.39 is 0 Å². The molecular formula is C6H8O2. The SMILES string of the molecule is C=C1CC(=O)CCO1. The summed E-state index contributed by atoms with van der Waals surface area (Å²) in [5, 5.41) is 0. The fourth-order valence-corrected chi connectivity index (χ4v) is 0.669. The van der Waals surface area contributed by atoms with E-state index in [0.29, 0.717) is 25.2 Å². The Morgan fingerprint density at radius 1 is 1.62 bits per heavy atom. The molecule has 0 amide bonds. The lowest BCUT2D eigenvalue weighted by Crippen LogP contribution is -2.12. The Balaban J connectivity index is 2.45. The number of carbonyl (C=O) groups excluding carboxylic acids is 1. The lowest BCUT2D eigenvalue weighted by molar-refractivity contribution is -0.121. The average molecular weight is 112 g/mol. The number of rotatable bonds is 0. The number of hydrogen-bond donors (Lipinski definition) is 0. The Bertz CT molecular complexity index is 112. The topological polar surface area (TPSA) is 26.3 Å². The van der Waals surface area contributed by atoms with Gasteiger partial charge in [-0.25, -0.2) is 0 Å². The predicted molar refractivity (Wildman–Crippen MR) is 29.3 cm³/mol. The quantitative estimate of drug-likeness (QED) is 0.465. The van der Waals surface area contributed by atoms with Gasteiger partial charge in [-0.1, -0.05) is 6.58 Å². The van der Waals surface area contributed by atoms with Crippen molar-refractivity contribution in [3.05, 3.63) is 12.3 Å². The van der Waals surface area contributed by atoms with E-state index in [1.807, 2.05) is 0 Å². The highest BCUT2D eigenvalue weighted by Crippen LogP contribution is 2.09. The lowest BCUT2D eigenvalue weighted by Gasteiger charge is -2.12. The fraction of sp³-hybridized carbons (Fsp3) is 0.500. The third-order valence-electron chi connectivity index (χ3n) is 1.08. The van der Waals surface area contributed by atoms with Gasteiger partial charge in [-0.2, -0.15) is 0 Å². The molecule has 0 N–H and O–H groups in total. The van der Waals surface area contributed by atoms with Crippen LogP contribution in [0.15, 0.2) is 12.3 Å². The third-order valence-corrected chi connectivity index (χ3v) is 1.08. The maximum absolute atomic E-state index is 10.5. The van der Waals surface area contributed by atoms with E-state index in [4.69, 9.17) is 4.74 Å². The van der Waals surface area contributed by atoms with E-state index in [2.05, 4.69) is 6.58 Å². The molecule has 0 atom stereocenters. The summed E-state index contributed by atoms with van der Waals surface area (Å²) in [5.74, 6) is 0.850. The van der Waals surface area contributed by atoms with Gasteiger partial charge in [-0.3, -0.25) is 4.79 Å². The van der Waals surface area contributed by atoms with Crippen LogP contribution in [0.5, 0.6) is 0 Å². The van der Waals surface area contributed by atoms with Gasteiger partial charge in [-0.05, 0) is 0 Å². The second kappa shape index (κ2) is 1.99. The molecular weight excluding hydrogens is 104 g/mol. The standard InChI is InChI=1S/C6H8O2/c1-5-4-6(7)2-3-8-5/h1-4H2. The Labute approximate surface area is 48.1 Å². The molecule has 0 aromatic heterocycles. The Kier molecular flexibility index (Phi) is 1.33. The molecule has 2 heteroatoms. The van der Waals surface area contributed by atoms with Gasteiger partial charge in [0.2, 0.25) is 0 Å². The second-order valence-corrected chi connectivity index (χ2v) is 1.85. The van der Waals surface area contributed by atoms with E-state index >= 15 is 0 Å². The van der Waals surface area contributed by atoms with Gasteiger partial charge < -0.3 is 4.74 Å². The van der Waals surface area contributed by atoms with Crippen molar-refractivity contribution in [3.63, 3.8) is 0 Å². The van der Waals surface area contributed by atoms with Crippen molar-refractivity contribution in [1.82, 2.24) is 0 Å². The molecule has 1 heterocycles. The Hall–Kier alpha value is -0.790. The number of ketones is 1. The largest absolute Gasteiger partial charge is 0.498 e. The van der Waals surface area contributed by atoms with Crippen molar-refractivity contribution in [1.29, 1.82) is 0 Å². The molecule has 0 spiro atoms. The lowest BCUT2D eigenvalue weighted by atomic mass is 10.2. The van der Waals surface area contributed by atoms with Crippen molar-refractivity contribution >= 4 is 5.78 Å². The number of Topliss-reactive ketones (excluding diaryl/α,β-unsaturated/α-hetero) is 1. The Morgan fingerprint density at radius 2 is 2.38 bits per heavy atom. The van der Waals surface area contributed by atoms with Crippen LogP contribution in [-0.4, -0.2) is 12.4 Å². The minimum absolute atomic E-state index is 0.237. The summed E-state index contributed by atoms with van der Waals surface area (Å²) < 4.78 is 4.93. The van der Waals surface area contributed by atoms with Crippen molar-refractivity contribution in [3.8, 4) is 0 Å². The third kappa shape index (κ3) is 1.09. The maximum atomic E-state index is 10.5. The molecule has 1 aliphatic rings. The van der Waals surface area contributed by atoms with E-state index in [-0.39, 0.29) is 5.78 Å². The highest BCUT2D eigenvalue weighted by molar-refractivity contribution is 5.81. The molecule has 8 heavy (non-hydrogen) atoms. The van der Waals surface area contributed by atoms with Gasteiger partial charge in [0.15, 0.2) is 0 Å². The first-order chi connectivity index (χ1) is 3.79. The van der Waals surface area contributed by atoms with Crippen LogP contribution in [0.1, 0.15) is 12.8 Å². The van der Waals surface area contributed by atoms with Crippen LogP contribution in [0.25, 0.3) is 0 Å². The molecule has 0 aromatic rings. The summed E-state index contributed by atoms with van der Waals surface area (Å²) in [7, 11) is 0. The van der Waals surface area contributed by atoms with Crippen LogP contribution in [0.3, 0.4) is 0 Å². The minimum atomic E-state index is 0.237. The summed E-state index contributed by atoms with van der Waals surface area (Å²) in [6.45, 7) is 4.05. The average Bonchev–Trinajstić information content (AvgIpc) is 1.64. The van der Waals surface area contributed by atoms with E-state index in [9.17, 15) is 4.79 Å². The van der Waals surface area contributed by atoms with Crippen molar-refractivity contribution in [2.24, 2.45) is 0 Å². The van der Waals surface area contributed by atoms with Gasteiger partial charge >= 0.3 is 0 Å². The maximum Gasteiger partial charge on any atom is 0.143 e. The van der Waals surface area contributed by atoms with Crippen molar-refractivity contribution in [2.75, 3.05) is 6.61 Å². The molecule has 0 aromatic carbocycles. The number of ether oxygens (including phenoxy) is 1. The van der Waals surface area contributed by atoms with Gasteiger partial charge in [0, 0.05) is 6.42 Å². The van der Waals surface area contributed by atoms with E-state index in [1.165, 1.54) is 0 Å². The monoisotopic (exact) mass is 112 g/mol. The predicted octanol–water partition coefficient (Wildman–Crippen LogP) is 0.880. The van der Waals surface area contributed by atoms with Gasteiger partial charge in [0.1, 0.15) is 5.78 Å². The molecule has 1 rings (SSSR count). The van der Waals surface area contributed by atoms with Crippen LogP contribution in [0, 0.1) is 0 Å². The fourth-order valence-electron chi connectivity index (χ4n) is 0.669. The van der Waals surface area contributed by atoms with Gasteiger partial charge in [0.25, 0.3) is 0 Å². The first-order valence-corrected chi connectivity index (χ1v) is 2.61. The smallest absolute Gasteiger partial charge is 0.143 e. The summed E-state index contributed by atoms with van der Waals surface area (Å²) in [6, 6.07) is 0. The highest BCUT2D eigenvalue weighted by atomic mass is 16.5. The van der Waals surface area contributed by atoms with Crippen molar-refractivity contribution < 1.29 is 9.53 Å². The van der Waals surface area contributed by atoms with E-state index in [1.54, 1.807) is 0 Å². The summed E-state index contributed by atoms with van der Waals surface area (Å²) in [5.41, 5.74) is 0. The molecule has 0 radical (unpaired) electrons. The summed E-state index contributed by atoms with van der Waals surface area (Å²) in [4.78, 5) is 10.5. The first-order valence-electron chi connectivity index (χ1n) is 2.61.